The predicted molar refractivity (Wildman–Crippen MR) is 146 cm³/mol. The molecule has 1 fully saturated rings. The second-order valence-electron chi connectivity index (χ2n) is 11.8. The molecule has 0 N–H and O–H groups in total. The lowest BCUT2D eigenvalue weighted by molar-refractivity contribution is 0.0521. The Morgan fingerprint density at radius 1 is 1.17 bits per heavy atom. The zero-order chi connectivity index (χ0) is 26.3. The van der Waals surface area contributed by atoms with Crippen LogP contribution < -0.4 is 10.2 Å². The number of methoxy groups -OCH3 is 1. The number of benzene rings is 1. The Labute approximate surface area is 216 Å². The first-order chi connectivity index (χ1) is 16.9. The summed E-state index contributed by atoms with van der Waals surface area (Å²) in [5.41, 5.74) is 4.03. The molecule has 196 valence electrons. The number of aryl methyl sites for hydroxylation is 1. The van der Waals surface area contributed by atoms with Gasteiger partial charge in [-0.2, -0.15) is 0 Å². The summed E-state index contributed by atoms with van der Waals surface area (Å²) in [5, 5.41) is 0.201. The van der Waals surface area contributed by atoms with Gasteiger partial charge in [-0.15, -0.1) is 0 Å². The molecule has 0 amide bonds. The van der Waals surface area contributed by atoms with Gasteiger partial charge in [0.25, 0.3) is 0 Å². The zero-order valence-electron chi connectivity index (χ0n) is 23.0. The molecule has 1 saturated carbocycles. The fourth-order valence-electron chi connectivity index (χ4n) is 5.19. The maximum Gasteiger partial charge on any atom is 0.343 e. The minimum atomic E-state index is -1.76. The highest BCUT2D eigenvalue weighted by Gasteiger charge is 2.44. The molecule has 1 aliphatic heterocycles. The summed E-state index contributed by atoms with van der Waals surface area (Å²) in [6.45, 7) is 14.1. The van der Waals surface area contributed by atoms with E-state index in [9.17, 15) is 9.59 Å². The van der Waals surface area contributed by atoms with E-state index >= 15 is 0 Å². The van der Waals surface area contributed by atoms with Crippen LogP contribution in [0, 0.1) is 0 Å². The van der Waals surface area contributed by atoms with Crippen molar-refractivity contribution >= 4 is 14.3 Å². The van der Waals surface area contributed by atoms with Crippen LogP contribution in [0.4, 0.5) is 0 Å². The summed E-state index contributed by atoms with van der Waals surface area (Å²) in [7, 11) is -0.0657. The number of nitrogens with zero attached hydrogens (tertiary/aromatic N) is 1. The van der Waals surface area contributed by atoms with Crippen molar-refractivity contribution in [3.63, 3.8) is 0 Å². The lowest BCUT2D eigenvalue weighted by atomic mass is 9.69. The summed E-state index contributed by atoms with van der Waals surface area (Å²) in [6.07, 6.45) is 7.65. The van der Waals surface area contributed by atoms with Crippen LogP contribution in [0.25, 0.3) is 11.3 Å². The first kappa shape index (κ1) is 26.7. The summed E-state index contributed by atoms with van der Waals surface area (Å²) < 4.78 is 19.5. The molecule has 0 unspecified atom stereocenters. The van der Waals surface area contributed by atoms with Crippen LogP contribution in [-0.2, 0) is 27.5 Å². The lowest BCUT2D eigenvalue weighted by Crippen LogP contribution is -2.46. The first-order valence-electron chi connectivity index (χ1n) is 13.2. The van der Waals surface area contributed by atoms with Crippen molar-refractivity contribution in [1.82, 2.24) is 4.57 Å². The van der Waals surface area contributed by atoms with Gasteiger partial charge in [0.2, 0.25) is 0 Å². The molecular weight excluding hydrogens is 470 g/mol. The van der Waals surface area contributed by atoms with E-state index in [0.29, 0.717) is 0 Å². The Balaban J connectivity index is 1.65. The standard InChI is InChI=1S/C29H41NO5Si/c1-8-34-27(32)23-19-30-24(17-25(23)31)22-16-26(33-5)20(15-21(22)18-29(30)12-10-13-29)11-9-14-35-36(6,7)28(2,3)4/h15-17,19H,8-14,18H2,1-7H3. The minimum absolute atomic E-state index is 0.0887. The van der Waals surface area contributed by atoms with Crippen molar-refractivity contribution < 1.29 is 18.7 Å². The van der Waals surface area contributed by atoms with Gasteiger partial charge in [-0.1, -0.05) is 26.8 Å². The van der Waals surface area contributed by atoms with Crippen LogP contribution in [0.5, 0.6) is 5.75 Å². The molecule has 1 aromatic heterocycles. The zero-order valence-corrected chi connectivity index (χ0v) is 24.0. The van der Waals surface area contributed by atoms with Crippen molar-refractivity contribution in [3.05, 3.63) is 51.3 Å². The number of aromatic nitrogens is 1. The average Bonchev–Trinajstić information content (AvgIpc) is 2.78. The van der Waals surface area contributed by atoms with Gasteiger partial charge in [-0.3, -0.25) is 4.79 Å². The number of pyridine rings is 1. The van der Waals surface area contributed by atoms with Gasteiger partial charge in [0, 0.05) is 30.0 Å². The van der Waals surface area contributed by atoms with E-state index < -0.39 is 14.3 Å². The monoisotopic (exact) mass is 511 g/mol. The molecule has 1 aromatic carbocycles. The fourth-order valence-corrected chi connectivity index (χ4v) is 6.28. The molecule has 0 bridgehead atoms. The molecule has 7 heteroatoms. The molecule has 2 aromatic rings. The van der Waals surface area contributed by atoms with E-state index in [1.54, 1.807) is 26.3 Å². The van der Waals surface area contributed by atoms with Crippen LogP contribution in [0.2, 0.25) is 18.1 Å². The largest absolute Gasteiger partial charge is 0.496 e. The molecule has 4 rings (SSSR count). The number of hydrogen-bond donors (Lipinski definition) is 0. The van der Waals surface area contributed by atoms with Gasteiger partial charge in [0.05, 0.1) is 19.4 Å². The van der Waals surface area contributed by atoms with Gasteiger partial charge in [0.1, 0.15) is 11.3 Å². The normalized spacial score (nSPS) is 16.2. The average molecular weight is 512 g/mol. The van der Waals surface area contributed by atoms with E-state index in [-0.39, 0.29) is 28.2 Å². The number of fused-ring (bicyclic) bond motifs is 4. The third-order valence-electron chi connectivity index (χ3n) is 8.50. The molecular formula is C29H41NO5Si. The topological polar surface area (TPSA) is 66.8 Å². The predicted octanol–water partition coefficient (Wildman–Crippen LogP) is 6.09. The quantitative estimate of drug-likeness (QED) is 0.244. The number of hydrogen-bond acceptors (Lipinski definition) is 5. The SMILES string of the molecule is CCOC(=O)c1cn2c(cc1=O)-c1cc(OC)c(CCCO[Si](C)(C)C(C)(C)C)cc1CC21CCC1. The Kier molecular flexibility index (Phi) is 7.28. The third kappa shape index (κ3) is 4.80. The number of carbonyl (C=O) groups is 1. The highest BCUT2D eigenvalue weighted by Crippen LogP contribution is 2.49. The van der Waals surface area contributed by atoms with Gasteiger partial charge >= 0.3 is 5.97 Å². The Bertz CT molecular complexity index is 1200. The van der Waals surface area contributed by atoms with Crippen LogP contribution in [0.15, 0.2) is 29.2 Å². The van der Waals surface area contributed by atoms with Gasteiger partial charge in [-0.05, 0) is 80.8 Å². The summed E-state index contributed by atoms with van der Waals surface area (Å²) >= 11 is 0. The van der Waals surface area contributed by atoms with Crippen molar-refractivity contribution in [2.45, 2.75) is 89.9 Å². The molecule has 2 heterocycles. The molecule has 0 saturated heterocycles. The highest BCUT2D eigenvalue weighted by molar-refractivity contribution is 6.74. The van der Waals surface area contributed by atoms with Crippen LogP contribution in [0.3, 0.4) is 0 Å². The van der Waals surface area contributed by atoms with Crippen LogP contribution in [-0.4, -0.2) is 39.2 Å². The Morgan fingerprint density at radius 3 is 2.47 bits per heavy atom. The van der Waals surface area contributed by atoms with E-state index in [1.807, 2.05) is 0 Å². The number of ether oxygens (including phenoxy) is 2. The third-order valence-corrected chi connectivity index (χ3v) is 13.0. The molecule has 36 heavy (non-hydrogen) atoms. The summed E-state index contributed by atoms with van der Waals surface area (Å²) in [6, 6.07) is 5.95. The van der Waals surface area contributed by atoms with Crippen LogP contribution in [0.1, 0.15) is 74.9 Å². The van der Waals surface area contributed by atoms with E-state index in [0.717, 1.165) is 62.1 Å². The lowest BCUT2D eigenvalue weighted by Gasteiger charge is -2.49. The smallest absolute Gasteiger partial charge is 0.343 e. The molecule has 6 nitrogen and oxygen atoms in total. The van der Waals surface area contributed by atoms with E-state index in [4.69, 9.17) is 13.9 Å². The molecule has 1 spiro atoms. The van der Waals surface area contributed by atoms with Crippen molar-refractivity contribution in [2.24, 2.45) is 0 Å². The van der Waals surface area contributed by atoms with Gasteiger partial charge in [0.15, 0.2) is 13.7 Å². The Morgan fingerprint density at radius 2 is 1.89 bits per heavy atom. The molecule has 1 aliphatic carbocycles. The minimum Gasteiger partial charge on any atom is -0.496 e. The summed E-state index contributed by atoms with van der Waals surface area (Å²) in [4.78, 5) is 25.4. The number of esters is 1. The molecule has 0 atom stereocenters. The van der Waals surface area contributed by atoms with Gasteiger partial charge < -0.3 is 18.5 Å². The van der Waals surface area contributed by atoms with Crippen molar-refractivity contribution in [1.29, 1.82) is 0 Å². The van der Waals surface area contributed by atoms with Crippen LogP contribution >= 0.6 is 0 Å². The maximum atomic E-state index is 12.9. The number of rotatable bonds is 8. The molecule has 0 radical (unpaired) electrons. The van der Waals surface area contributed by atoms with Gasteiger partial charge in [-0.25, -0.2) is 4.79 Å². The Hall–Kier alpha value is -2.38. The second kappa shape index (κ2) is 9.82. The van der Waals surface area contributed by atoms with Crippen molar-refractivity contribution in [3.8, 4) is 17.0 Å². The maximum absolute atomic E-state index is 12.9. The molecule has 2 aliphatic rings. The second-order valence-corrected chi connectivity index (χ2v) is 16.6. The van der Waals surface area contributed by atoms with Crippen molar-refractivity contribution in [2.75, 3.05) is 20.3 Å². The van der Waals surface area contributed by atoms with E-state index in [2.05, 4.69) is 50.6 Å². The van der Waals surface area contributed by atoms with E-state index in [1.165, 1.54) is 11.1 Å². The highest BCUT2D eigenvalue weighted by atomic mass is 28.4. The fraction of sp³-hybridized carbons (Fsp3) is 0.586. The summed E-state index contributed by atoms with van der Waals surface area (Å²) in [5.74, 6) is 0.282. The first-order valence-corrected chi connectivity index (χ1v) is 16.1. The number of carbonyl (C=O) groups excluding carboxylic acids is 1.